The number of amides is 1. The van der Waals surface area contributed by atoms with Crippen LogP contribution in [0.2, 0.25) is 0 Å². The molecule has 24 heavy (non-hydrogen) atoms. The number of benzene rings is 2. The largest absolute Gasteiger partial charge is 0.493 e. The van der Waals surface area contributed by atoms with Gasteiger partial charge in [0.15, 0.2) is 11.5 Å². The van der Waals surface area contributed by atoms with E-state index in [1.807, 2.05) is 6.07 Å². The van der Waals surface area contributed by atoms with E-state index in [9.17, 15) is 4.79 Å². The van der Waals surface area contributed by atoms with E-state index < -0.39 is 5.91 Å². The number of anilines is 2. The lowest BCUT2D eigenvalue weighted by Gasteiger charge is -2.12. The Morgan fingerprint density at radius 1 is 1.04 bits per heavy atom. The van der Waals surface area contributed by atoms with Gasteiger partial charge in [-0.05, 0) is 30.3 Å². The molecule has 0 aliphatic carbocycles. The second-order valence-electron chi connectivity index (χ2n) is 5.01. The number of methoxy groups -OCH3 is 2. The standard InChI is InChI=1S/C17H16N4O3/c1-23-14-7-12-13(8-15(14)24-2)19-9-20-17(12)21-11-5-3-10(4-6-11)16(18)22/h3-9H,1-2H3,(H2,18,22)(H,19,20,21). The van der Waals surface area contributed by atoms with Gasteiger partial charge < -0.3 is 20.5 Å². The molecular weight excluding hydrogens is 308 g/mol. The summed E-state index contributed by atoms with van der Waals surface area (Å²) in [6, 6.07) is 10.4. The monoisotopic (exact) mass is 324 g/mol. The Balaban J connectivity index is 2.01. The maximum atomic E-state index is 11.1. The van der Waals surface area contributed by atoms with Gasteiger partial charge in [0.1, 0.15) is 12.1 Å². The van der Waals surface area contributed by atoms with E-state index in [-0.39, 0.29) is 0 Å². The number of fused-ring (bicyclic) bond motifs is 1. The van der Waals surface area contributed by atoms with E-state index in [0.29, 0.717) is 22.9 Å². The Kier molecular flexibility index (Phi) is 4.15. The van der Waals surface area contributed by atoms with Gasteiger partial charge in [0.2, 0.25) is 5.91 Å². The quantitative estimate of drug-likeness (QED) is 0.748. The van der Waals surface area contributed by atoms with Crippen molar-refractivity contribution in [2.24, 2.45) is 5.73 Å². The van der Waals surface area contributed by atoms with Crippen LogP contribution in [0.15, 0.2) is 42.7 Å². The van der Waals surface area contributed by atoms with E-state index in [0.717, 1.165) is 16.6 Å². The van der Waals surface area contributed by atoms with Crippen molar-refractivity contribution in [1.29, 1.82) is 0 Å². The summed E-state index contributed by atoms with van der Waals surface area (Å²) in [5, 5.41) is 3.99. The molecule has 2 aromatic carbocycles. The second kappa shape index (κ2) is 6.41. The molecule has 0 aliphatic heterocycles. The molecule has 0 unspecified atom stereocenters. The Bertz CT molecular complexity index is 894. The smallest absolute Gasteiger partial charge is 0.248 e. The molecule has 1 amide bonds. The first-order chi connectivity index (χ1) is 11.6. The lowest BCUT2D eigenvalue weighted by molar-refractivity contribution is 0.100. The van der Waals surface area contributed by atoms with Crippen LogP contribution in [0.1, 0.15) is 10.4 Å². The summed E-state index contributed by atoms with van der Waals surface area (Å²) in [5.41, 5.74) is 7.18. The molecule has 7 nitrogen and oxygen atoms in total. The van der Waals surface area contributed by atoms with E-state index in [4.69, 9.17) is 15.2 Å². The molecule has 1 heterocycles. The number of primary amides is 1. The fourth-order valence-corrected chi connectivity index (χ4v) is 2.34. The average molecular weight is 324 g/mol. The molecule has 0 spiro atoms. The normalized spacial score (nSPS) is 10.4. The molecule has 0 radical (unpaired) electrons. The van der Waals surface area contributed by atoms with Crippen molar-refractivity contribution in [3.8, 4) is 11.5 Å². The summed E-state index contributed by atoms with van der Waals surface area (Å²) in [6.07, 6.45) is 1.47. The van der Waals surface area contributed by atoms with Gasteiger partial charge in [0.25, 0.3) is 0 Å². The maximum Gasteiger partial charge on any atom is 0.248 e. The Morgan fingerprint density at radius 2 is 1.71 bits per heavy atom. The van der Waals surface area contributed by atoms with Crippen molar-refractivity contribution >= 4 is 28.3 Å². The number of ether oxygens (including phenoxy) is 2. The first-order valence-corrected chi connectivity index (χ1v) is 7.16. The highest BCUT2D eigenvalue weighted by Gasteiger charge is 2.11. The number of carbonyl (C=O) groups excluding carboxylic acids is 1. The summed E-state index contributed by atoms with van der Waals surface area (Å²) >= 11 is 0. The fourth-order valence-electron chi connectivity index (χ4n) is 2.34. The molecular formula is C17H16N4O3. The zero-order valence-corrected chi connectivity index (χ0v) is 13.2. The van der Waals surface area contributed by atoms with Crippen LogP contribution >= 0.6 is 0 Å². The molecule has 0 fully saturated rings. The summed E-state index contributed by atoms with van der Waals surface area (Å²) in [4.78, 5) is 19.7. The molecule has 0 atom stereocenters. The highest BCUT2D eigenvalue weighted by molar-refractivity contribution is 5.94. The first-order valence-electron chi connectivity index (χ1n) is 7.16. The van der Waals surface area contributed by atoms with Crippen LogP contribution in [0.25, 0.3) is 10.9 Å². The highest BCUT2D eigenvalue weighted by atomic mass is 16.5. The van der Waals surface area contributed by atoms with E-state index in [1.165, 1.54) is 6.33 Å². The van der Waals surface area contributed by atoms with Gasteiger partial charge in [-0.25, -0.2) is 9.97 Å². The molecule has 3 aromatic rings. The summed E-state index contributed by atoms with van der Waals surface area (Å²) in [7, 11) is 3.15. The van der Waals surface area contributed by atoms with E-state index >= 15 is 0 Å². The first kappa shape index (κ1) is 15.5. The molecule has 0 saturated heterocycles. The number of aromatic nitrogens is 2. The zero-order valence-electron chi connectivity index (χ0n) is 13.2. The molecule has 0 bridgehead atoms. The molecule has 1 aromatic heterocycles. The van der Waals surface area contributed by atoms with Crippen LogP contribution < -0.4 is 20.5 Å². The number of hydrogen-bond acceptors (Lipinski definition) is 6. The lowest BCUT2D eigenvalue weighted by Crippen LogP contribution is -2.10. The Labute approximate surface area is 138 Å². The third kappa shape index (κ3) is 2.91. The van der Waals surface area contributed by atoms with Gasteiger partial charge in [-0.1, -0.05) is 0 Å². The Morgan fingerprint density at radius 3 is 2.33 bits per heavy atom. The topological polar surface area (TPSA) is 99.4 Å². The van der Waals surface area contributed by atoms with Gasteiger partial charge in [-0.15, -0.1) is 0 Å². The highest BCUT2D eigenvalue weighted by Crippen LogP contribution is 2.34. The number of hydrogen-bond donors (Lipinski definition) is 2. The van der Waals surface area contributed by atoms with Gasteiger partial charge in [0.05, 0.1) is 19.7 Å². The molecule has 3 N–H and O–H groups in total. The van der Waals surface area contributed by atoms with Gasteiger partial charge in [0, 0.05) is 22.7 Å². The number of rotatable bonds is 5. The van der Waals surface area contributed by atoms with Crippen molar-refractivity contribution in [2.75, 3.05) is 19.5 Å². The summed E-state index contributed by atoms with van der Waals surface area (Å²) in [5.74, 6) is 1.34. The lowest BCUT2D eigenvalue weighted by atomic mass is 10.2. The van der Waals surface area contributed by atoms with Crippen molar-refractivity contribution in [1.82, 2.24) is 9.97 Å². The molecule has 122 valence electrons. The van der Waals surface area contributed by atoms with Crippen molar-refractivity contribution in [3.05, 3.63) is 48.3 Å². The molecule has 7 heteroatoms. The minimum Gasteiger partial charge on any atom is -0.493 e. The van der Waals surface area contributed by atoms with Crippen LogP contribution in [0.4, 0.5) is 11.5 Å². The van der Waals surface area contributed by atoms with Crippen LogP contribution in [0, 0.1) is 0 Å². The van der Waals surface area contributed by atoms with Crippen LogP contribution in [-0.2, 0) is 0 Å². The van der Waals surface area contributed by atoms with E-state index in [1.54, 1.807) is 44.6 Å². The van der Waals surface area contributed by atoms with E-state index in [2.05, 4.69) is 15.3 Å². The molecule has 0 saturated carbocycles. The number of nitrogens with one attached hydrogen (secondary N) is 1. The zero-order chi connectivity index (χ0) is 17.1. The molecule has 3 rings (SSSR count). The predicted octanol–water partition coefficient (Wildman–Crippen LogP) is 2.49. The van der Waals surface area contributed by atoms with Gasteiger partial charge >= 0.3 is 0 Å². The molecule has 0 aliphatic rings. The van der Waals surface area contributed by atoms with Crippen molar-refractivity contribution in [2.45, 2.75) is 0 Å². The second-order valence-corrected chi connectivity index (χ2v) is 5.01. The third-order valence-electron chi connectivity index (χ3n) is 3.57. The van der Waals surface area contributed by atoms with Crippen molar-refractivity contribution < 1.29 is 14.3 Å². The number of nitrogens with two attached hydrogens (primary N) is 1. The third-order valence-corrected chi connectivity index (χ3v) is 3.57. The maximum absolute atomic E-state index is 11.1. The summed E-state index contributed by atoms with van der Waals surface area (Å²) < 4.78 is 10.6. The predicted molar refractivity (Wildman–Crippen MR) is 90.9 cm³/mol. The van der Waals surface area contributed by atoms with Crippen LogP contribution in [0.5, 0.6) is 11.5 Å². The average Bonchev–Trinajstić information content (AvgIpc) is 2.61. The SMILES string of the molecule is COc1cc2ncnc(Nc3ccc(C(N)=O)cc3)c2cc1OC. The van der Waals surface area contributed by atoms with Gasteiger partial charge in [-0.2, -0.15) is 0 Å². The minimum atomic E-state index is -0.467. The van der Waals surface area contributed by atoms with Gasteiger partial charge in [-0.3, -0.25) is 4.79 Å². The minimum absolute atomic E-state index is 0.444. The van der Waals surface area contributed by atoms with Crippen LogP contribution in [0.3, 0.4) is 0 Å². The summed E-state index contributed by atoms with van der Waals surface area (Å²) in [6.45, 7) is 0. The van der Waals surface area contributed by atoms with Crippen LogP contribution in [-0.4, -0.2) is 30.1 Å². The fraction of sp³-hybridized carbons (Fsp3) is 0.118. The Hall–Kier alpha value is -3.35. The number of carbonyl (C=O) groups is 1. The number of nitrogens with zero attached hydrogens (tertiary/aromatic N) is 2. The van der Waals surface area contributed by atoms with Crippen molar-refractivity contribution in [3.63, 3.8) is 0 Å².